The van der Waals surface area contributed by atoms with E-state index in [0.29, 0.717) is 6.04 Å². The molecule has 110 valence electrons. The van der Waals surface area contributed by atoms with Crippen LogP contribution in [0.2, 0.25) is 0 Å². The Morgan fingerprint density at radius 1 is 1.20 bits per heavy atom. The van der Waals surface area contributed by atoms with E-state index in [-0.39, 0.29) is 0 Å². The molecule has 0 bridgehead atoms. The van der Waals surface area contributed by atoms with E-state index in [4.69, 9.17) is 4.74 Å². The molecule has 1 unspecified atom stereocenters. The number of benzene rings is 1. The maximum atomic E-state index is 5.47. The predicted molar refractivity (Wildman–Crippen MR) is 85.1 cm³/mol. The average Bonchev–Trinajstić information content (AvgIpc) is 2.46. The van der Waals surface area contributed by atoms with Gasteiger partial charge in [0.25, 0.3) is 0 Å². The van der Waals surface area contributed by atoms with Crippen molar-refractivity contribution < 1.29 is 4.74 Å². The molecule has 0 saturated carbocycles. The van der Waals surface area contributed by atoms with E-state index >= 15 is 0 Å². The van der Waals surface area contributed by atoms with Crippen LogP contribution in [-0.2, 0) is 11.2 Å². The van der Waals surface area contributed by atoms with Gasteiger partial charge < -0.3 is 4.74 Å². The van der Waals surface area contributed by atoms with E-state index in [0.717, 1.165) is 32.7 Å². The molecule has 1 aliphatic rings. The predicted octanol–water partition coefficient (Wildman–Crippen LogP) is 3.59. The number of morpholine rings is 1. The van der Waals surface area contributed by atoms with Crippen LogP contribution in [0, 0.1) is 6.92 Å². The van der Waals surface area contributed by atoms with Crippen LogP contribution in [0.4, 0.5) is 0 Å². The lowest BCUT2D eigenvalue weighted by Crippen LogP contribution is -2.43. The summed E-state index contributed by atoms with van der Waals surface area (Å²) in [6, 6.07) is 9.48. The summed E-state index contributed by atoms with van der Waals surface area (Å²) in [6.07, 6.45) is 4.75. The van der Waals surface area contributed by atoms with Crippen molar-refractivity contribution in [2.24, 2.45) is 0 Å². The van der Waals surface area contributed by atoms with E-state index in [9.17, 15) is 0 Å². The van der Waals surface area contributed by atoms with Crippen LogP contribution in [0.5, 0.6) is 0 Å². The van der Waals surface area contributed by atoms with Crippen LogP contribution in [0.1, 0.15) is 31.4 Å². The fraction of sp³-hybridized carbons (Fsp3) is 0.556. The standard InChI is InChI=1S/C18H27NO/c1-15(2)14-18(19-10-12-20-13-11-19)9-8-17-6-4-16(3)5-7-17/h4-7,14,18H,8-13H2,1-3H3. The molecule has 0 aromatic heterocycles. The molecular formula is C18H27NO. The number of allylic oxidation sites excluding steroid dienone is 1. The van der Waals surface area contributed by atoms with E-state index in [2.05, 4.69) is 56.0 Å². The number of ether oxygens (including phenoxy) is 1. The van der Waals surface area contributed by atoms with Crippen LogP contribution in [-0.4, -0.2) is 37.2 Å². The third-order valence-corrected chi connectivity index (χ3v) is 3.89. The van der Waals surface area contributed by atoms with Gasteiger partial charge in [-0.3, -0.25) is 4.90 Å². The largest absolute Gasteiger partial charge is 0.379 e. The zero-order chi connectivity index (χ0) is 14.4. The summed E-state index contributed by atoms with van der Waals surface area (Å²) < 4.78 is 5.47. The second kappa shape index (κ2) is 7.61. The molecular weight excluding hydrogens is 246 g/mol. The van der Waals surface area contributed by atoms with Crippen molar-refractivity contribution in [2.45, 2.75) is 39.7 Å². The fourth-order valence-electron chi connectivity index (χ4n) is 2.73. The summed E-state index contributed by atoms with van der Waals surface area (Å²) in [4.78, 5) is 2.56. The zero-order valence-electron chi connectivity index (χ0n) is 13.1. The molecule has 1 saturated heterocycles. The quantitative estimate of drug-likeness (QED) is 0.760. The highest BCUT2D eigenvalue weighted by atomic mass is 16.5. The maximum Gasteiger partial charge on any atom is 0.0594 e. The number of aryl methyl sites for hydroxylation is 2. The lowest BCUT2D eigenvalue weighted by Gasteiger charge is -2.33. The van der Waals surface area contributed by atoms with Gasteiger partial charge in [-0.25, -0.2) is 0 Å². The fourth-order valence-corrected chi connectivity index (χ4v) is 2.73. The average molecular weight is 273 g/mol. The van der Waals surface area contributed by atoms with Crippen LogP contribution >= 0.6 is 0 Å². The molecule has 0 amide bonds. The number of hydrogen-bond acceptors (Lipinski definition) is 2. The van der Waals surface area contributed by atoms with Gasteiger partial charge in [-0.05, 0) is 39.2 Å². The van der Waals surface area contributed by atoms with Crippen molar-refractivity contribution in [3.63, 3.8) is 0 Å². The van der Waals surface area contributed by atoms with Gasteiger partial charge in [-0.15, -0.1) is 0 Å². The van der Waals surface area contributed by atoms with E-state index in [1.165, 1.54) is 23.1 Å². The molecule has 1 heterocycles. The van der Waals surface area contributed by atoms with Crippen LogP contribution < -0.4 is 0 Å². The molecule has 1 fully saturated rings. The molecule has 1 atom stereocenters. The summed E-state index contributed by atoms with van der Waals surface area (Å²) in [5.74, 6) is 0. The molecule has 20 heavy (non-hydrogen) atoms. The highest BCUT2D eigenvalue weighted by Crippen LogP contribution is 2.15. The van der Waals surface area contributed by atoms with E-state index in [1.54, 1.807) is 0 Å². The summed E-state index contributed by atoms with van der Waals surface area (Å²) in [6.45, 7) is 10.4. The first kappa shape index (κ1) is 15.3. The first-order valence-electron chi connectivity index (χ1n) is 7.67. The van der Waals surface area contributed by atoms with Crippen molar-refractivity contribution in [1.29, 1.82) is 0 Å². The van der Waals surface area contributed by atoms with Crippen molar-refractivity contribution >= 4 is 0 Å². The minimum atomic E-state index is 0.546. The van der Waals surface area contributed by atoms with E-state index in [1.807, 2.05) is 0 Å². The lowest BCUT2D eigenvalue weighted by molar-refractivity contribution is 0.0241. The minimum absolute atomic E-state index is 0.546. The smallest absolute Gasteiger partial charge is 0.0594 e. The molecule has 2 heteroatoms. The molecule has 0 spiro atoms. The lowest BCUT2D eigenvalue weighted by atomic mass is 10.0. The molecule has 1 aromatic rings. The Balaban J connectivity index is 1.96. The van der Waals surface area contributed by atoms with Crippen molar-refractivity contribution in [3.8, 4) is 0 Å². The van der Waals surface area contributed by atoms with Gasteiger partial charge >= 0.3 is 0 Å². The Hall–Kier alpha value is -1.12. The number of rotatable bonds is 5. The SMILES string of the molecule is CC(C)=CC(CCc1ccc(C)cc1)N1CCOCC1. The monoisotopic (exact) mass is 273 g/mol. The first-order valence-corrected chi connectivity index (χ1v) is 7.67. The highest BCUT2D eigenvalue weighted by molar-refractivity contribution is 5.21. The van der Waals surface area contributed by atoms with E-state index < -0.39 is 0 Å². The molecule has 2 nitrogen and oxygen atoms in total. The Morgan fingerprint density at radius 3 is 2.45 bits per heavy atom. The Bertz CT molecular complexity index is 425. The molecule has 0 N–H and O–H groups in total. The Labute approximate surface area is 123 Å². The van der Waals surface area contributed by atoms with Gasteiger partial charge in [-0.2, -0.15) is 0 Å². The third kappa shape index (κ3) is 4.77. The second-order valence-corrected chi connectivity index (χ2v) is 5.98. The van der Waals surface area contributed by atoms with Gasteiger partial charge in [0.1, 0.15) is 0 Å². The second-order valence-electron chi connectivity index (χ2n) is 5.98. The maximum absolute atomic E-state index is 5.47. The van der Waals surface area contributed by atoms with Crippen LogP contribution in [0.25, 0.3) is 0 Å². The van der Waals surface area contributed by atoms with Crippen molar-refractivity contribution in [2.75, 3.05) is 26.3 Å². The van der Waals surface area contributed by atoms with Gasteiger partial charge in [0.05, 0.1) is 13.2 Å². The summed E-state index contributed by atoms with van der Waals surface area (Å²) >= 11 is 0. The third-order valence-electron chi connectivity index (χ3n) is 3.89. The van der Waals surface area contributed by atoms with Gasteiger partial charge in [-0.1, -0.05) is 41.5 Å². The normalized spacial score (nSPS) is 17.8. The molecule has 2 rings (SSSR count). The zero-order valence-corrected chi connectivity index (χ0v) is 13.1. The van der Waals surface area contributed by atoms with Gasteiger partial charge in [0.15, 0.2) is 0 Å². The van der Waals surface area contributed by atoms with Gasteiger partial charge in [0.2, 0.25) is 0 Å². The topological polar surface area (TPSA) is 12.5 Å². The number of nitrogens with zero attached hydrogens (tertiary/aromatic N) is 1. The summed E-state index contributed by atoms with van der Waals surface area (Å²) in [5, 5.41) is 0. The van der Waals surface area contributed by atoms with Gasteiger partial charge in [0, 0.05) is 19.1 Å². The van der Waals surface area contributed by atoms with Crippen LogP contribution in [0.15, 0.2) is 35.9 Å². The molecule has 0 radical (unpaired) electrons. The van der Waals surface area contributed by atoms with Crippen LogP contribution in [0.3, 0.4) is 0 Å². The molecule has 1 aliphatic heterocycles. The van der Waals surface area contributed by atoms with Crippen molar-refractivity contribution in [1.82, 2.24) is 4.90 Å². The number of hydrogen-bond donors (Lipinski definition) is 0. The summed E-state index contributed by atoms with van der Waals surface area (Å²) in [7, 11) is 0. The highest BCUT2D eigenvalue weighted by Gasteiger charge is 2.18. The molecule has 1 aromatic carbocycles. The first-order chi connectivity index (χ1) is 9.65. The summed E-state index contributed by atoms with van der Waals surface area (Å²) in [5.41, 5.74) is 4.18. The Kier molecular flexibility index (Phi) is 5.81. The van der Waals surface area contributed by atoms with Crippen molar-refractivity contribution in [3.05, 3.63) is 47.0 Å². The molecule has 0 aliphatic carbocycles. The minimum Gasteiger partial charge on any atom is -0.379 e. The Morgan fingerprint density at radius 2 is 1.85 bits per heavy atom.